The highest BCUT2D eigenvalue weighted by Gasteiger charge is 2.17. The Hall–Kier alpha value is -2.80. The van der Waals surface area contributed by atoms with Gasteiger partial charge in [0.1, 0.15) is 11.6 Å². The van der Waals surface area contributed by atoms with Crippen molar-refractivity contribution in [2.24, 2.45) is 5.92 Å². The topological polar surface area (TPSA) is 50.8 Å². The normalized spacial score (nSPS) is 12.0. The molecule has 1 atom stereocenters. The highest BCUT2D eigenvalue weighted by atomic mass is 16.5. The van der Waals surface area contributed by atoms with Gasteiger partial charge in [-0.1, -0.05) is 24.3 Å². The first-order valence-corrected chi connectivity index (χ1v) is 7.23. The van der Waals surface area contributed by atoms with Crippen molar-refractivity contribution >= 4 is 11.0 Å². The summed E-state index contributed by atoms with van der Waals surface area (Å²) in [6, 6.07) is 18.1. The maximum absolute atomic E-state index is 9.16. The fourth-order valence-corrected chi connectivity index (χ4v) is 2.61. The van der Waals surface area contributed by atoms with Crippen molar-refractivity contribution in [2.75, 3.05) is 7.11 Å². The van der Waals surface area contributed by atoms with Crippen LogP contribution in [0.25, 0.3) is 22.4 Å². The van der Waals surface area contributed by atoms with Crippen molar-refractivity contribution in [3.05, 3.63) is 48.5 Å². The summed E-state index contributed by atoms with van der Waals surface area (Å²) in [6.45, 7) is 2.52. The number of aromatic nitrogens is 2. The van der Waals surface area contributed by atoms with Gasteiger partial charge in [0.2, 0.25) is 0 Å². The Labute approximate surface area is 129 Å². The molecule has 0 aliphatic carbocycles. The Bertz CT molecular complexity index is 845. The van der Waals surface area contributed by atoms with Gasteiger partial charge in [0.25, 0.3) is 0 Å². The third kappa shape index (κ3) is 2.42. The number of para-hydroxylation sites is 3. The molecule has 3 aromatic rings. The highest BCUT2D eigenvalue weighted by Crippen LogP contribution is 2.32. The molecule has 1 heterocycles. The first kappa shape index (κ1) is 14.2. The van der Waals surface area contributed by atoms with Crippen LogP contribution >= 0.6 is 0 Å². The Morgan fingerprint density at radius 3 is 2.68 bits per heavy atom. The zero-order valence-electron chi connectivity index (χ0n) is 12.7. The van der Waals surface area contributed by atoms with Crippen LogP contribution in [-0.4, -0.2) is 16.7 Å². The molecule has 3 rings (SSSR count). The molecule has 0 aliphatic heterocycles. The standard InChI is InChI=1S/C18H17N3O/c1-13(11-19)12-21-16-9-5-4-8-15(16)20-18(21)14-7-3-6-10-17(14)22-2/h3-10,13H,12H2,1-2H3. The summed E-state index contributed by atoms with van der Waals surface area (Å²) >= 11 is 0. The van der Waals surface area contributed by atoms with E-state index < -0.39 is 0 Å². The maximum Gasteiger partial charge on any atom is 0.144 e. The second kappa shape index (κ2) is 5.90. The van der Waals surface area contributed by atoms with Crippen molar-refractivity contribution in [2.45, 2.75) is 13.5 Å². The van der Waals surface area contributed by atoms with Crippen LogP contribution in [0.2, 0.25) is 0 Å². The number of hydrogen-bond acceptors (Lipinski definition) is 3. The lowest BCUT2D eigenvalue weighted by atomic mass is 10.1. The molecule has 4 heteroatoms. The second-order valence-electron chi connectivity index (χ2n) is 5.27. The number of hydrogen-bond donors (Lipinski definition) is 0. The molecule has 0 saturated carbocycles. The van der Waals surface area contributed by atoms with Gasteiger partial charge < -0.3 is 9.30 Å². The van der Waals surface area contributed by atoms with E-state index in [4.69, 9.17) is 15.0 Å². The quantitative estimate of drug-likeness (QED) is 0.733. The van der Waals surface area contributed by atoms with Crippen molar-refractivity contribution in [1.82, 2.24) is 9.55 Å². The zero-order valence-corrected chi connectivity index (χ0v) is 12.7. The molecule has 0 bridgehead atoms. The number of methoxy groups -OCH3 is 1. The van der Waals surface area contributed by atoms with Gasteiger partial charge in [-0.2, -0.15) is 5.26 Å². The molecular formula is C18H17N3O. The summed E-state index contributed by atoms with van der Waals surface area (Å²) in [4.78, 5) is 4.75. The summed E-state index contributed by atoms with van der Waals surface area (Å²) in [5.74, 6) is 1.52. The lowest BCUT2D eigenvalue weighted by molar-refractivity contribution is 0.415. The van der Waals surface area contributed by atoms with Gasteiger partial charge in [-0.3, -0.25) is 0 Å². The fourth-order valence-electron chi connectivity index (χ4n) is 2.61. The minimum absolute atomic E-state index is 0.0916. The minimum atomic E-state index is -0.0916. The van der Waals surface area contributed by atoms with E-state index >= 15 is 0 Å². The lowest BCUT2D eigenvalue weighted by Crippen LogP contribution is -2.07. The lowest BCUT2D eigenvalue weighted by Gasteiger charge is -2.12. The van der Waals surface area contributed by atoms with Crippen molar-refractivity contribution < 1.29 is 4.74 Å². The SMILES string of the molecule is COc1ccccc1-c1nc2ccccc2n1CC(C)C#N. The maximum atomic E-state index is 9.16. The summed E-state index contributed by atoms with van der Waals surface area (Å²) in [5.41, 5.74) is 2.89. The van der Waals surface area contributed by atoms with Gasteiger partial charge in [0, 0.05) is 6.54 Å². The Balaban J connectivity index is 2.24. The van der Waals surface area contributed by atoms with Gasteiger partial charge in [-0.05, 0) is 31.2 Å². The zero-order chi connectivity index (χ0) is 15.5. The molecule has 0 saturated heterocycles. The first-order valence-electron chi connectivity index (χ1n) is 7.23. The third-order valence-electron chi connectivity index (χ3n) is 3.68. The summed E-state index contributed by atoms with van der Waals surface area (Å²) in [5, 5.41) is 9.16. The van der Waals surface area contributed by atoms with Crippen LogP contribution in [0.1, 0.15) is 6.92 Å². The number of nitriles is 1. The second-order valence-corrected chi connectivity index (χ2v) is 5.27. The molecular weight excluding hydrogens is 274 g/mol. The summed E-state index contributed by atoms with van der Waals surface area (Å²) in [7, 11) is 1.66. The van der Waals surface area contributed by atoms with Crippen LogP contribution in [0.3, 0.4) is 0 Å². The van der Waals surface area contributed by atoms with E-state index in [1.165, 1.54) is 0 Å². The van der Waals surface area contributed by atoms with Gasteiger partial charge in [0.15, 0.2) is 0 Å². The van der Waals surface area contributed by atoms with E-state index in [0.717, 1.165) is 28.2 Å². The van der Waals surface area contributed by atoms with Gasteiger partial charge in [0.05, 0.1) is 35.7 Å². The first-order chi connectivity index (χ1) is 10.7. The Morgan fingerprint density at radius 2 is 1.91 bits per heavy atom. The molecule has 22 heavy (non-hydrogen) atoms. The molecule has 110 valence electrons. The Morgan fingerprint density at radius 1 is 1.18 bits per heavy atom. The largest absolute Gasteiger partial charge is 0.496 e. The molecule has 2 aromatic carbocycles. The van der Waals surface area contributed by atoms with Crippen LogP contribution in [0.4, 0.5) is 0 Å². The van der Waals surface area contributed by atoms with E-state index in [1.54, 1.807) is 7.11 Å². The molecule has 4 nitrogen and oxygen atoms in total. The van der Waals surface area contributed by atoms with Crippen molar-refractivity contribution in [3.63, 3.8) is 0 Å². The van der Waals surface area contributed by atoms with Gasteiger partial charge in [-0.25, -0.2) is 4.98 Å². The van der Waals surface area contributed by atoms with Crippen molar-refractivity contribution in [3.8, 4) is 23.2 Å². The number of benzene rings is 2. The minimum Gasteiger partial charge on any atom is -0.496 e. The summed E-state index contributed by atoms with van der Waals surface area (Å²) in [6.07, 6.45) is 0. The molecule has 1 unspecified atom stereocenters. The number of imidazole rings is 1. The van der Waals surface area contributed by atoms with E-state index in [9.17, 15) is 0 Å². The fraction of sp³-hybridized carbons (Fsp3) is 0.222. The number of ether oxygens (including phenoxy) is 1. The molecule has 0 radical (unpaired) electrons. The van der Waals surface area contributed by atoms with E-state index in [0.29, 0.717) is 6.54 Å². The summed E-state index contributed by atoms with van der Waals surface area (Å²) < 4.78 is 7.56. The number of nitrogens with zero attached hydrogens (tertiary/aromatic N) is 3. The number of fused-ring (bicyclic) bond motifs is 1. The average Bonchev–Trinajstić information content (AvgIpc) is 2.93. The molecule has 0 N–H and O–H groups in total. The predicted octanol–water partition coefficient (Wildman–Crippen LogP) is 3.87. The highest BCUT2D eigenvalue weighted by molar-refractivity contribution is 5.82. The van der Waals surface area contributed by atoms with E-state index in [1.807, 2.05) is 55.5 Å². The Kier molecular flexibility index (Phi) is 3.80. The molecule has 1 aromatic heterocycles. The monoisotopic (exact) mass is 291 g/mol. The van der Waals surface area contributed by atoms with Gasteiger partial charge in [-0.15, -0.1) is 0 Å². The predicted molar refractivity (Wildman–Crippen MR) is 86.5 cm³/mol. The molecule has 0 spiro atoms. The number of rotatable bonds is 4. The average molecular weight is 291 g/mol. The van der Waals surface area contributed by atoms with Crippen molar-refractivity contribution in [1.29, 1.82) is 5.26 Å². The van der Waals surface area contributed by atoms with E-state index in [2.05, 4.69) is 10.6 Å². The van der Waals surface area contributed by atoms with Crippen LogP contribution in [-0.2, 0) is 6.54 Å². The van der Waals surface area contributed by atoms with Crippen LogP contribution in [0.15, 0.2) is 48.5 Å². The van der Waals surface area contributed by atoms with Crippen LogP contribution in [0.5, 0.6) is 5.75 Å². The smallest absolute Gasteiger partial charge is 0.144 e. The van der Waals surface area contributed by atoms with Crippen LogP contribution < -0.4 is 4.74 Å². The molecule has 0 fully saturated rings. The molecule has 0 aliphatic rings. The van der Waals surface area contributed by atoms with E-state index in [-0.39, 0.29) is 5.92 Å². The van der Waals surface area contributed by atoms with Gasteiger partial charge >= 0.3 is 0 Å². The molecule has 0 amide bonds. The third-order valence-corrected chi connectivity index (χ3v) is 3.68. The van der Waals surface area contributed by atoms with Crippen LogP contribution in [0, 0.1) is 17.2 Å².